The predicted molar refractivity (Wildman–Crippen MR) is 84.5 cm³/mol. The summed E-state index contributed by atoms with van der Waals surface area (Å²) < 4.78 is 10.7. The van der Waals surface area contributed by atoms with Gasteiger partial charge in [0.25, 0.3) is 0 Å². The number of carbonyl (C=O) groups is 1. The molecule has 1 amide bonds. The zero-order chi connectivity index (χ0) is 15.9. The average Bonchev–Trinajstić information content (AvgIpc) is 2.42. The molecule has 0 aromatic heterocycles. The molecule has 2 unspecified atom stereocenters. The summed E-state index contributed by atoms with van der Waals surface area (Å²) in [6.45, 7) is 10.2. The molecule has 1 aliphatic heterocycles. The number of hydrogen-bond acceptors (Lipinski definition) is 4. The van der Waals surface area contributed by atoms with Gasteiger partial charge in [-0.1, -0.05) is 6.92 Å². The van der Waals surface area contributed by atoms with Gasteiger partial charge < -0.3 is 19.7 Å². The molecular formula is C16H32N2O3. The van der Waals surface area contributed by atoms with E-state index in [1.807, 2.05) is 25.7 Å². The second-order valence-electron chi connectivity index (χ2n) is 6.79. The maximum absolute atomic E-state index is 12.3. The predicted octanol–water partition coefficient (Wildman–Crippen LogP) is 2.79. The van der Waals surface area contributed by atoms with Crippen molar-refractivity contribution < 1.29 is 14.3 Å². The van der Waals surface area contributed by atoms with E-state index in [1.165, 1.54) is 6.42 Å². The molecule has 5 heteroatoms. The molecular weight excluding hydrogens is 268 g/mol. The minimum atomic E-state index is -0.436. The third-order valence-electron chi connectivity index (χ3n) is 3.76. The van der Waals surface area contributed by atoms with Crippen LogP contribution in [0.2, 0.25) is 0 Å². The number of likely N-dealkylation sites (tertiary alicyclic amines) is 1. The molecule has 2 atom stereocenters. The van der Waals surface area contributed by atoms with Gasteiger partial charge in [-0.05, 0) is 46.5 Å². The number of nitrogens with zero attached hydrogens (tertiary/aromatic N) is 1. The minimum Gasteiger partial charge on any atom is -0.444 e. The van der Waals surface area contributed by atoms with Gasteiger partial charge in [0, 0.05) is 32.3 Å². The van der Waals surface area contributed by atoms with Crippen LogP contribution in [0.15, 0.2) is 0 Å². The van der Waals surface area contributed by atoms with Gasteiger partial charge in [-0.3, -0.25) is 0 Å². The Labute approximate surface area is 129 Å². The standard InChI is InChI=1S/C16H32N2O3/c1-6-13(12-20-5)17-11-14-9-7-8-10-18(14)15(19)21-16(2,3)4/h13-14,17H,6-12H2,1-5H3. The Balaban J connectivity index is 2.54. The van der Waals surface area contributed by atoms with Crippen molar-refractivity contribution in [1.29, 1.82) is 0 Å². The Kier molecular flexibility index (Phi) is 7.46. The summed E-state index contributed by atoms with van der Waals surface area (Å²) in [5.41, 5.74) is -0.436. The highest BCUT2D eigenvalue weighted by atomic mass is 16.6. The molecule has 0 aromatic carbocycles. The number of amides is 1. The Morgan fingerprint density at radius 2 is 2.10 bits per heavy atom. The van der Waals surface area contributed by atoms with Crippen LogP contribution in [-0.4, -0.2) is 55.5 Å². The molecule has 0 spiro atoms. The lowest BCUT2D eigenvalue weighted by atomic mass is 10.0. The molecule has 0 saturated carbocycles. The molecule has 21 heavy (non-hydrogen) atoms. The number of rotatable bonds is 6. The topological polar surface area (TPSA) is 50.8 Å². The van der Waals surface area contributed by atoms with Crippen LogP contribution in [0.1, 0.15) is 53.4 Å². The molecule has 1 heterocycles. The van der Waals surface area contributed by atoms with E-state index in [1.54, 1.807) is 7.11 Å². The maximum Gasteiger partial charge on any atom is 0.410 e. The van der Waals surface area contributed by atoms with Gasteiger partial charge in [-0.15, -0.1) is 0 Å². The number of ether oxygens (including phenoxy) is 2. The lowest BCUT2D eigenvalue weighted by Gasteiger charge is -2.37. The molecule has 1 aliphatic rings. The van der Waals surface area contributed by atoms with E-state index in [0.29, 0.717) is 12.6 Å². The summed E-state index contributed by atoms with van der Waals surface area (Å²) in [6, 6.07) is 0.567. The molecule has 124 valence electrons. The van der Waals surface area contributed by atoms with E-state index < -0.39 is 5.60 Å². The maximum atomic E-state index is 12.3. The van der Waals surface area contributed by atoms with Gasteiger partial charge in [0.15, 0.2) is 0 Å². The molecule has 1 fully saturated rings. The zero-order valence-electron chi connectivity index (χ0n) is 14.3. The fourth-order valence-corrected chi connectivity index (χ4v) is 2.60. The lowest BCUT2D eigenvalue weighted by molar-refractivity contribution is 0.00931. The first-order valence-corrected chi connectivity index (χ1v) is 8.09. The van der Waals surface area contributed by atoms with Crippen molar-refractivity contribution in [2.45, 2.75) is 71.1 Å². The molecule has 0 aliphatic carbocycles. The monoisotopic (exact) mass is 300 g/mol. The normalized spacial score (nSPS) is 21.2. The first kappa shape index (κ1) is 18.2. The Morgan fingerprint density at radius 3 is 2.67 bits per heavy atom. The number of nitrogens with one attached hydrogen (secondary N) is 1. The van der Waals surface area contributed by atoms with Crippen molar-refractivity contribution in [3.05, 3.63) is 0 Å². The highest BCUT2D eigenvalue weighted by Crippen LogP contribution is 2.20. The van der Waals surface area contributed by atoms with Gasteiger partial charge in [0.2, 0.25) is 0 Å². The summed E-state index contributed by atoms with van der Waals surface area (Å²) in [4.78, 5) is 14.2. The SMILES string of the molecule is CCC(COC)NCC1CCCCN1C(=O)OC(C)(C)C. The Morgan fingerprint density at radius 1 is 1.38 bits per heavy atom. The summed E-state index contributed by atoms with van der Waals surface area (Å²) in [5.74, 6) is 0. The molecule has 0 bridgehead atoms. The average molecular weight is 300 g/mol. The third-order valence-corrected chi connectivity index (χ3v) is 3.76. The first-order chi connectivity index (χ1) is 9.87. The Bertz CT molecular complexity index is 315. The largest absolute Gasteiger partial charge is 0.444 e. The van der Waals surface area contributed by atoms with Gasteiger partial charge in [0.1, 0.15) is 5.60 Å². The molecule has 1 saturated heterocycles. The van der Waals surface area contributed by atoms with Crippen LogP contribution in [0.25, 0.3) is 0 Å². The van der Waals surface area contributed by atoms with Crippen LogP contribution in [-0.2, 0) is 9.47 Å². The number of carbonyl (C=O) groups excluding carboxylic acids is 1. The summed E-state index contributed by atoms with van der Waals surface area (Å²) in [5, 5.41) is 3.51. The molecule has 1 rings (SSSR count). The van der Waals surface area contributed by atoms with E-state index in [0.717, 1.165) is 32.4 Å². The van der Waals surface area contributed by atoms with E-state index >= 15 is 0 Å². The van der Waals surface area contributed by atoms with Crippen LogP contribution >= 0.6 is 0 Å². The fraction of sp³-hybridized carbons (Fsp3) is 0.938. The molecule has 5 nitrogen and oxygen atoms in total. The number of methoxy groups -OCH3 is 1. The second kappa shape index (κ2) is 8.59. The van der Waals surface area contributed by atoms with Crippen molar-refractivity contribution in [1.82, 2.24) is 10.2 Å². The van der Waals surface area contributed by atoms with E-state index in [-0.39, 0.29) is 12.1 Å². The van der Waals surface area contributed by atoms with Crippen LogP contribution in [0.3, 0.4) is 0 Å². The van der Waals surface area contributed by atoms with Crippen LogP contribution in [0.4, 0.5) is 4.79 Å². The van der Waals surface area contributed by atoms with E-state index in [9.17, 15) is 4.79 Å². The van der Waals surface area contributed by atoms with Gasteiger partial charge in [0.05, 0.1) is 6.61 Å². The van der Waals surface area contributed by atoms with E-state index in [2.05, 4.69) is 12.2 Å². The first-order valence-electron chi connectivity index (χ1n) is 8.09. The smallest absolute Gasteiger partial charge is 0.410 e. The molecule has 0 radical (unpaired) electrons. The van der Waals surface area contributed by atoms with E-state index in [4.69, 9.17) is 9.47 Å². The van der Waals surface area contributed by atoms with Crippen molar-refractivity contribution in [3.63, 3.8) is 0 Å². The molecule has 1 N–H and O–H groups in total. The van der Waals surface area contributed by atoms with Crippen LogP contribution in [0, 0.1) is 0 Å². The highest BCUT2D eigenvalue weighted by Gasteiger charge is 2.30. The van der Waals surface area contributed by atoms with Crippen molar-refractivity contribution in [3.8, 4) is 0 Å². The summed E-state index contributed by atoms with van der Waals surface area (Å²) in [7, 11) is 1.72. The quantitative estimate of drug-likeness (QED) is 0.819. The highest BCUT2D eigenvalue weighted by molar-refractivity contribution is 5.68. The Hall–Kier alpha value is -0.810. The van der Waals surface area contributed by atoms with Crippen LogP contribution in [0.5, 0.6) is 0 Å². The summed E-state index contributed by atoms with van der Waals surface area (Å²) in [6.07, 6.45) is 4.11. The zero-order valence-corrected chi connectivity index (χ0v) is 14.3. The minimum absolute atomic E-state index is 0.186. The third kappa shape index (κ3) is 6.66. The number of piperidine rings is 1. The van der Waals surface area contributed by atoms with Gasteiger partial charge in [-0.25, -0.2) is 4.79 Å². The fourth-order valence-electron chi connectivity index (χ4n) is 2.60. The van der Waals surface area contributed by atoms with Gasteiger partial charge >= 0.3 is 6.09 Å². The van der Waals surface area contributed by atoms with Crippen molar-refractivity contribution in [2.75, 3.05) is 26.8 Å². The summed E-state index contributed by atoms with van der Waals surface area (Å²) >= 11 is 0. The lowest BCUT2D eigenvalue weighted by Crippen LogP contribution is -2.51. The van der Waals surface area contributed by atoms with Gasteiger partial charge in [-0.2, -0.15) is 0 Å². The van der Waals surface area contributed by atoms with Crippen LogP contribution < -0.4 is 5.32 Å². The second-order valence-corrected chi connectivity index (χ2v) is 6.79. The number of hydrogen-bond donors (Lipinski definition) is 1. The molecule has 0 aromatic rings. The van der Waals surface area contributed by atoms with Crippen molar-refractivity contribution in [2.24, 2.45) is 0 Å². The van der Waals surface area contributed by atoms with Crippen molar-refractivity contribution >= 4 is 6.09 Å².